The fourth-order valence-corrected chi connectivity index (χ4v) is 3.28. The summed E-state index contributed by atoms with van der Waals surface area (Å²) in [5, 5.41) is 9.82. The third-order valence-corrected chi connectivity index (χ3v) is 4.40. The van der Waals surface area contributed by atoms with Crippen molar-refractivity contribution in [3.63, 3.8) is 0 Å². The molecule has 1 saturated heterocycles. The van der Waals surface area contributed by atoms with Gasteiger partial charge in [-0.25, -0.2) is 0 Å². The highest BCUT2D eigenvalue weighted by Crippen LogP contribution is 2.26. The minimum Gasteiger partial charge on any atom is -0.481 e. The molecule has 1 aromatic heterocycles. The van der Waals surface area contributed by atoms with Crippen molar-refractivity contribution >= 4 is 22.8 Å². The van der Waals surface area contributed by atoms with Crippen LogP contribution in [-0.2, 0) is 4.79 Å². The Morgan fingerprint density at radius 3 is 2.95 bits per heavy atom. The first kappa shape index (κ1) is 14.6. The van der Waals surface area contributed by atoms with Gasteiger partial charge in [0, 0.05) is 41.7 Å². The number of nitrogens with zero attached hydrogens (tertiary/aromatic N) is 1. The van der Waals surface area contributed by atoms with E-state index in [4.69, 9.17) is 5.11 Å². The topological polar surface area (TPSA) is 73.4 Å². The Balaban J connectivity index is 1.85. The number of H-pyrrole nitrogens is 1. The monoisotopic (exact) mass is 300 g/mol. The molecule has 3 rings (SSSR count). The summed E-state index contributed by atoms with van der Waals surface area (Å²) in [6, 6.07) is 7.62. The zero-order chi connectivity index (χ0) is 15.5. The van der Waals surface area contributed by atoms with E-state index in [1.54, 1.807) is 0 Å². The van der Waals surface area contributed by atoms with E-state index in [9.17, 15) is 9.59 Å². The number of piperidine rings is 1. The van der Waals surface area contributed by atoms with Crippen molar-refractivity contribution in [2.75, 3.05) is 6.54 Å². The summed E-state index contributed by atoms with van der Waals surface area (Å²) in [6.45, 7) is 0.712. The molecule has 5 nitrogen and oxygen atoms in total. The van der Waals surface area contributed by atoms with E-state index in [-0.39, 0.29) is 18.4 Å². The summed E-state index contributed by atoms with van der Waals surface area (Å²) in [5.41, 5.74) is 1.64. The molecule has 1 fully saturated rings. The predicted octanol–water partition coefficient (Wildman–Crippen LogP) is 3.03. The van der Waals surface area contributed by atoms with Gasteiger partial charge in [0.1, 0.15) is 0 Å². The highest BCUT2D eigenvalue weighted by molar-refractivity contribution is 6.06. The molecule has 0 unspecified atom stereocenters. The van der Waals surface area contributed by atoms with Gasteiger partial charge in [-0.1, -0.05) is 6.07 Å². The fourth-order valence-electron chi connectivity index (χ4n) is 3.28. The molecule has 2 heterocycles. The van der Waals surface area contributed by atoms with Gasteiger partial charge in [0.15, 0.2) is 0 Å². The Morgan fingerprint density at radius 1 is 1.27 bits per heavy atom. The molecule has 1 aliphatic rings. The maximum atomic E-state index is 12.9. The van der Waals surface area contributed by atoms with Gasteiger partial charge >= 0.3 is 5.97 Å². The molecule has 1 atom stereocenters. The van der Waals surface area contributed by atoms with Gasteiger partial charge in [-0.15, -0.1) is 0 Å². The average molecular weight is 300 g/mol. The number of carbonyl (C=O) groups excluding carboxylic acids is 1. The summed E-state index contributed by atoms with van der Waals surface area (Å²) in [5.74, 6) is -0.786. The molecule has 2 N–H and O–H groups in total. The lowest BCUT2D eigenvalue weighted by atomic mass is 9.96. The Labute approximate surface area is 128 Å². The van der Waals surface area contributed by atoms with Gasteiger partial charge < -0.3 is 15.0 Å². The van der Waals surface area contributed by atoms with E-state index >= 15 is 0 Å². The Bertz CT molecular complexity index is 692. The van der Waals surface area contributed by atoms with Gasteiger partial charge in [0.25, 0.3) is 5.91 Å². The third-order valence-electron chi connectivity index (χ3n) is 4.40. The summed E-state index contributed by atoms with van der Waals surface area (Å²) >= 11 is 0. The van der Waals surface area contributed by atoms with E-state index in [1.165, 1.54) is 0 Å². The zero-order valence-electron chi connectivity index (χ0n) is 12.4. The number of fused-ring (bicyclic) bond motifs is 1. The second-order valence-electron chi connectivity index (χ2n) is 5.83. The first-order valence-electron chi connectivity index (χ1n) is 7.75. The number of aliphatic carboxylic acids is 1. The number of carboxylic acids is 1. The molecule has 1 amide bonds. The van der Waals surface area contributed by atoms with Crippen LogP contribution < -0.4 is 0 Å². The number of amides is 1. The molecule has 0 saturated carbocycles. The van der Waals surface area contributed by atoms with Crippen LogP contribution >= 0.6 is 0 Å². The third kappa shape index (κ3) is 2.84. The first-order valence-corrected chi connectivity index (χ1v) is 7.75. The maximum absolute atomic E-state index is 12.9. The van der Waals surface area contributed by atoms with Gasteiger partial charge in [0.05, 0.1) is 0 Å². The largest absolute Gasteiger partial charge is 0.481 e. The number of carboxylic acid groups (broad SMARTS) is 1. The SMILES string of the molecule is O=C(O)CC[C@@H]1CCCCN1C(=O)c1cccc2[nH]ccc12. The molecule has 5 heteroatoms. The van der Waals surface area contributed by atoms with Crippen LogP contribution in [-0.4, -0.2) is 39.5 Å². The number of nitrogens with one attached hydrogen (secondary N) is 1. The Hall–Kier alpha value is -2.30. The number of likely N-dealkylation sites (tertiary alicyclic amines) is 1. The Kier molecular flexibility index (Phi) is 4.13. The molecule has 2 aromatic rings. The van der Waals surface area contributed by atoms with Crippen molar-refractivity contribution in [3.05, 3.63) is 36.0 Å². The number of aromatic amines is 1. The molecule has 0 aliphatic carbocycles. The zero-order valence-corrected chi connectivity index (χ0v) is 12.4. The van der Waals surface area contributed by atoms with Gasteiger partial charge in [-0.2, -0.15) is 0 Å². The molecule has 0 radical (unpaired) electrons. The van der Waals surface area contributed by atoms with Crippen molar-refractivity contribution < 1.29 is 14.7 Å². The van der Waals surface area contributed by atoms with Gasteiger partial charge in [-0.05, 0) is 43.9 Å². The summed E-state index contributed by atoms with van der Waals surface area (Å²) in [4.78, 5) is 28.7. The number of benzene rings is 1. The lowest BCUT2D eigenvalue weighted by Gasteiger charge is -2.36. The standard InChI is InChI=1S/C17H20N2O3/c20-16(21)8-7-12-4-1-2-11-19(12)17(22)14-5-3-6-15-13(14)9-10-18-15/h3,5-6,9-10,12,18H,1-2,4,7-8,11H2,(H,20,21)/t12-/m0/s1. The molecular weight excluding hydrogens is 280 g/mol. The second kappa shape index (κ2) is 6.22. The lowest BCUT2D eigenvalue weighted by molar-refractivity contribution is -0.137. The van der Waals surface area contributed by atoms with Crippen LogP contribution in [0, 0.1) is 0 Å². The fraction of sp³-hybridized carbons (Fsp3) is 0.412. The van der Waals surface area contributed by atoms with Gasteiger partial charge in [-0.3, -0.25) is 9.59 Å². The van der Waals surface area contributed by atoms with E-state index in [0.29, 0.717) is 18.5 Å². The number of rotatable bonds is 4. The van der Waals surface area contributed by atoms with Crippen LogP contribution in [0.25, 0.3) is 10.9 Å². The summed E-state index contributed by atoms with van der Waals surface area (Å²) in [7, 11) is 0. The minimum absolute atomic E-state index is 0.0142. The van der Waals surface area contributed by atoms with E-state index < -0.39 is 5.97 Å². The molecule has 1 aliphatic heterocycles. The second-order valence-corrected chi connectivity index (χ2v) is 5.83. The molecular formula is C17H20N2O3. The molecule has 22 heavy (non-hydrogen) atoms. The highest BCUT2D eigenvalue weighted by Gasteiger charge is 2.28. The van der Waals surface area contributed by atoms with E-state index in [0.717, 1.165) is 30.2 Å². The maximum Gasteiger partial charge on any atom is 0.303 e. The molecule has 0 spiro atoms. The van der Waals surface area contributed by atoms with Crippen molar-refractivity contribution in [1.82, 2.24) is 9.88 Å². The van der Waals surface area contributed by atoms with Crippen LogP contribution in [0.5, 0.6) is 0 Å². The van der Waals surface area contributed by atoms with Crippen LogP contribution in [0.3, 0.4) is 0 Å². The van der Waals surface area contributed by atoms with E-state index in [2.05, 4.69) is 4.98 Å². The number of hydrogen-bond acceptors (Lipinski definition) is 2. The van der Waals surface area contributed by atoms with Crippen LogP contribution in [0.1, 0.15) is 42.5 Å². The summed E-state index contributed by atoms with van der Waals surface area (Å²) in [6.07, 6.45) is 5.41. The van der Waals surface area contributed by atoms with Crippen molar-refractivity contribution in [3.8, 4) is 0 Å². The first-order chi connectivity index (χ1) is 10.7. The van der Waals surface area contributed by atoms with Crippen LogP contribution in [0.4, 0.5) is 0 Å². The molecule has 1 aromatic carbocycles. The number of hydrogen-bond donors (Lipinski definition) is 2. The molecule has 116 valence electrons. The normalized spacial score (nSPS) is 18.5. The minimum atomic E-state index is -0.800. The van der Waals surface area contributed by atoms with E-state index in [1.807, 2.05) is 35.4 Å². The summed E-state index contributed by atoms with van der Waals surface area (Å²) < 4.78 is 0. The smallest absolute Gasteiger partial charge is 0.303 e. The van der Waals surface area contributed by atoms with Crippen molar-refractivity contribution in [2.45, 2.75) is 38.1 Å². The van der Waals surface area contributed by atoms with Crippen LogP contribution in [0.15, 0.2) is 30.5 Å². The predicted molar refractivity (Wildman–Crippen MR) is 83.8 cm³/mol. The number of aromatic nitrogens is 1. The van der Waals surface area contributed by atoms with Gasteiger partial charge in [0.2, 0.25) is 0 Å². The quantitative estimate of drug-likeness (QED) is 0.911. The Morgan fingerprint density at radius 2 is 2.14 bits per heavy atom. The molecule has 0 bridgehead atoms. The average Bonchev–Trinajstić information content (AvgIpc) is 3.01. The number of carbonyl (C=O) groups is 2. The van der Waals surface area contributed by atoms with Crippen molar-refractivity contribution in [1.29, 1.82) is 0 Å². The van der Waals surface area contributed by atoms with Crippen LogP contribution in [0.2, 0.25) is 0 Å². The lowest BCUT2D eigenvalue weighted by Crippen LogP contribution is -2.44. The van der Waals surface area contributed by atoms with Crippen molar-refractivity contribution in [2.24, 2.45) is 0 Å². The highest BCUT2D eigenvalue weighted by atomic mass is 16.4.